The first-order valence-electron chi connectivity index (χ1n) is 6.78. The number of benzene rings is 2. The summed E-state index contributed by atoms with van der Waals surface area (Å²) in [6.07, 6.45) is 0. The van der Waals surface area contributed by atoms with Crippen molar-refractivity contribution in [3.8, 4) is 11.5 Å². The highest BCUT2D eigenvalue weighted by atomic mass is 35.5. The minimum atomic E-state index is -0.666. The lowest BCUT2D eigenvalue weighted by molar-refractivity contribution is -0.386. The summed E-state index contributed by atoms with van der Waals surface area (Å²) < 4.78 is 15.3. The van der Waals surface area contributed by atoms with Crippen LogP contribution in [-0.2, 0) is 11.3 Å². The normalized spacial score (nSPS) is 10.1. The molecule has 2 aromatic carbocycles. The number of nitrogens with zero attached hydrogens (tertiary/aromatic N) is 1. The molecule has 0 unspecified atom stereocenters. The molecule has 0 aliphatic rings. The molecule has 0 aromatic heterocycles. The van der Waals surface area contributed by atoms with Gasteiger partial charge in [-0.3, -0.25) is 10.1 Å². The third kappa shape index (κ3) is 3.94. The highest BCUT2D eigenvalue weighted by Crippen LogP contribution is 2.30. The molecule has 0 atom stereocenters. The van der Waals surface area contributed by atoms with E-state index in [9.17, 15) is 14.9 Å². The number of halogens is 1. The van der Waals surface area contributed by atoms with Crippen molar-refractivity contribution in [3.05, 3.63) is 62.7 Å². The molecule has 0 heterocycles. The quantitative estimate of drug-likeness (QED) is 0.448. The fourth-order valence-corrected chi connectivity index (χ4v) is 2.24. The van der Waals surface area contributed by atoms with Crippen LogP contribution in [0.2, 0.25) is 5.02 Å². The number of carbonyl (C=O) groups is 1. The molecule has 0 saturated heterocycles. The lowest BCUT2D eigenvalue weighted by atomic mass is 10.2. The van der Waals surface area contributed by atoms with Gasteiger partial charge in [-0.1, -0.05) is 11.6 Å². The smallest absolute Gasteiger partial charge is 0.338 e. The molecule has 0 amide bonds. The van der Waals surface area contributed by atoms with Gasteiger partial charge in [0.2, 0.25) is 0 Å². The molecule has 0 aliphatic heterocycles. The number of hydrogen-bond acceptors (Lipinski definition) is 6. The Kier molecular flexibility index (Phi) is 5.59. The summed E-state index contributed by atoms with van der Waals surface area (Å²) in [6.45, 7) is 0.0160. The molecule has 0 saturated carbocycles. The third-order valence-electron chi connectivity index (χ3n) is 3.20. The van der Waals surface area contributed by atoms with Crippen molar-refractivity contribution >= 4 is 23.3 Å². The van der Waals surface area contributed by atoms with E-state index < -0.39 is 10.9 Å². The van der Waals surface area contributed by atoms with Crippen molar-refractivity contribution < 1.29 is 23.9 Å². The first-order valence-corrected chi connectivity index (χ1v) is 7.16. The highest BCUT2D eigenvalue weighted by Gasteiger charge is 2.19. The summed E-state index contributed by atoms with van der Waals surface area (Å²) in [5, 5.41) is 11.7. The van der Waals surface area contributed by atoms with E-state index in [1.54, 1.807) is 18.2 Å². The molecular weight excluding hydrogens is 338 g/mol. The van der Waals surface area contributed by atoms with Gasteiger partial charge in [-0.2, -0.15) is 0 Å². The first kappa shape index (κ1) is 17.6. The number of rotatable bonds is 6. The SMILES string of the molecule is COC(=O)c1ccc(OCc2cc(Cl)ccc2OC)c([N+](=O)[O-])c1. The van der Waals surface area contributed by atoms with Gasteiger partial charge >= 0.3 is 11.7 Å². The fourth-order valence-electron chi connectivity index (χ4n) is 2.04. The Labute approximate surface area is 142 Å². The van der Waals surface area contributed by atoms with Crippen LogP contribution in [0.3, 0.4) is 0 Å². The van der Waals surface area contributed by atoms with Gasteiger partial charge < -0.3 is 14.2 Å². The summed E-state index contributed by atoms with van der Waals surface area (Å²) in [4.78, 5) is 22.1. The molecule has 0 radical (unpaired) electrons. The van der Waals surface area contributed by atoms with Crippen molar-refractivity contribution in [1.82, 2.24) is 0 Å². The van der Waals surface area contributed by atoms with E-state index in [2.05, 4.69) is 4.74 Å². The minimum absolute atomic E-state index is 0.0160. The van der Waals surface area contributed by atoms with E-state index in [1.807, 2.05) is 0 Å². The Hall–Kier alpha value is -2.80. The molecule has 0 aliphatic carbocycles. The monoisotopic (exact) mass is 351 g/mol. The van der Waals surface area contributed by atoms with Crippen molar-refractivity contribution in [3.63, 3.8) is 0 Å². The lowest BCUT2D eigenvalue weighted by Crippen LogP contribution is -2.05. The van der Waals surface area contributed by atoms with Gasteiger partial charge in [0.25, 0.3) is 0 Å². The summed E-state index contributed by atoms with van der Waals surface area (Å²) in [5.41, 5.74) is 0.368. The predicted octanol–water partition coefficient (Wildman–Crippen LogP) is 3.62. The molecule has 2 aromatic rings. The van der Waals surface area contributed by atoms with Crippen molar-refractivity contribution in [2.45, 2.75) is 6.61 Å². The molecule has 8 heteroatoms. The number of hydrogen-bond donors (Lipinski definition) is 0. The summed E-state index contributed by atoms with van der Waals surface area (Å²) >= 11 is 5.94. The summed E-state index contributed by atoms with van der Waals surface area (Å²) in [6, 6.07) is 8.84. The van der Waals surface area contributed by atoms with Gasteiger partial charge in [-0.25, -0.2) is 4.79 Å². The van der Waals surface area contributed by atoms with Crippen LogP contribution < -0.4 is 9.47 Å². The molecule has 0 spiro atoms. The number of ether oxygens (including phenoxy) is 3. The molecule has 7 nitrogen and oxygen atoms in total. The Morgan fingerprint density at radius 1 is 1.17 bits per heavy atom. The van der Waals surface area contributed by atoms with E-state index >= 15 is 0 Å². The minimum Gasteiger partial charge on any atom is -0.496 e. The second-order valence-electron chi connectivity index (χ2n) is 4.68. The maximum atomic E-state index is 11.5. The van der Waals surface area contributed by atoms with Gasteiger partial charge in [0.05, 0.1) is 24.7 Å². The average molecular weight is 352 g/mol. The van der Waals surface area contributed by atoms with Crippen LogP contribution in [0.1, 0.15) is 15.9 Å². The first-order chi connectivity index (χ1) is 11.5. The standard InChI is InChI=1S/C16H14ClNO6/c1-22-14-6-4-12(17)7-11(14)9-24-15-5-3-10(16(19)23-2)8-13(15)18(20)21/h3-8H,9H2,1-2H3. The Balaban J connectivity index is 2.28. The van der Waals surface area contributed by atoms with Crippen LogP contribution in [0.4, 0.5) is 5.69 Å². The highest BCUT2D eigenvalue weighted by molar-refractivity contribution is 6.30. The van der Waals surface area contributed by atoms with Crippen LogP contribution in [0.25, 0.3) is 0 Å². The summed E-state index contributed by atoms with van der Waals surface area (Å²) in [7, 11) is 2.70. The Morgan fingerprint density at radius 2 is 1.88 bits per heavy atom. The number of nitro groups is 1. The van der Waals surface area contributed by atoms with Crippen LogP contribution >= 0.6 is 11.6 Å². The number of carbonyl (C=O) groups excluding carboxylic acids is 1. The fraction of sp³-hybridized carbons (Fsp3) is 0.188. The molecular formula is C16H14ClNO6. The van der Waals surface area contributed by atoms with E-state index in [4.69, 9.17) is 21.1 Å². The van der Waals surface area contributed by atoms with E-state index in [-0.39, 0.29) is 23.6 Å². The van der Waals surface area contributed by atoms with Gasteiger partial charge in [-0.05, 0) is 30.3 Å². The van der Waals surface area contributed by atoms with E-state index in [1.165, 1.54) is 26.4 Å². The number of nitro benzene ring substituents is 1. The third-order valence-corrected chi connectivity index (χ3v) is 3.44. The average Bonchev–Trinajstić information content (AvgIpc) is 2.59. The number of esters is 1. The van der Waals surface area contributed by atoms with Crippen LogP contribution in [0, 0.1) is 10.1 Å². The van der Waals surface area contributed by atoms with Crippen molar-refractivity contribution in [2.24, 2.45) is 0 Å². The van der Waals surface area contributed by atoms with Gasteiger partial charge in [0, 0.05) is 16.7 Å². The Morgan fingerprint density at radius 3 is 2.50 bits per heavy atom. The zero-order chi connectivity index (χ0) is 17.7. The maximum absolute atomic E-state index is 11.5. The lowest BCUT2D eigenvalue weighted by Gasteiger charge is -2.11. The van der Waals surface area contributed by atoms with Crippen molar-refractivity contribution in [2.75, 3.05) is 14.2 Å². The molecule has 24 heavy (non-hydrogen) atoms. The van der Waals surface area contributed by atoms with Crippen molar-refractivity contribution in [1.29, 1.82) is 0 Å². The number of methoxy groups -OCH3 is 2. The van der Waals surface area contributed by atoms with Gasteiger partial charge in [0.1, 0.15) is 12.4 Å². The van der Waals surface area contributed by atoms with Crippen LogP contribution in [0.15, 0.2) is 36.4 Å². The van der Waals surface area contributed by atoms with Crippen LogP contribution in [0.5, 0.6) is 11.5 Å². The second kappa shape index (κ2) is 7.65. The van der Waals surface area contributed by atoms with E-state index in [0.29, 0.717) is 16.3 Å². The van der Waals surface area contributed by atoms with Gasteiger partial charge in [-0.15, -0.1) is 0 Å². The zero-order valence-electron chi connectivity index (χ0n) is 12.9. The molecule has 0 fully saturated rings. The molecule has 2 rings (SSSR count). The van der Waals surface area contributed by atoms with Gasteiger partial charge in [0.15, 0.2) is 5.75 Å². The summed E-state index contributed by atoms with van der Waals surface area (Å²) in [5.74, 6) is -0.0934. The predicted molar refractivity (Wildman–Crippen MR) is 86.8 cm³/mol. The second-order valence-corrected chi connectivity index (χ2v) is 5.11. The van der Waals surface area contributed by atoms with E-state index in [0.717, 1.165) is 6.07 Å². The molecule has 0 N–H and O–H groups in total. The molecule has 0 bridgehead atoms. The topological polar surface area (TPSA) is 87.9 Å². The molecule has 126 valence electrons. The van der Waals surface area contributed by atoms with Crippen LogP contribution in [-0.4, -0.2) is 25.1 Å². The maximum Gasteiger partial charge on any atom is 0.338 e. The largest absolute Gasteiger partial charge is 0.496 e. The zero-order valence-corrected chi connectivity index (χ0v) is 13.7. The Bertz CT molecular complexity index is 777.